The second-order valence-electron chi connectivity index (χ2n) is 7.90. The van der Waals surface area contributed by atoms with Crippen LogP contribution in [0.2, 0.25) is 0 Å². The van der Waals surface area contributed by atoms with E-state index in [1.54, 1.807) is 29.2 Å². The van der Waals surface area contributed by atoms with Crippen molar-refractivity contribution in [3.8, 4) is 11.5 Å². The highest BCUT2D eigenvalue weighted by molar-refractivity contribution is 5.86. The van der Waals surface area contributed by atoms with Crippen molar-refractivity contribution in [2.24, 2.45) is 5.92 Å². The summed E-state index contributed by atoms with van der Waals surface area (Å²) >= 11 is 0. The second-order valence-corrected chi connectivity index (χ2v) is 7.90. The lowest BCUT2D eigenvalue weighted by Gasteiger charge is -2.32. The fraction of sp³-hybridized carbons (Fsp3) is 0.478. The molecule has 1 aromatic heterocycles. The number of fused-ring (bicyclic) bond motifs is 1. The zero-order valence-corrected chi connectivity index (χ0v) is 17.7. The van der Waals surface area contributed by atoms with E-state index < -0.39 is 0 Å². The van der Waals surface area contributed by atoms with Gasteiger partial charge in [0.25, 0.3) is 0 Å². The molecule has 1 aliphatic heterocycles. The van der Waals surface area contributed by atoms with Gasteiger partial charge in [0.05, 0.1) is 26.0 Å². The van der Waals surface area contributed by atoms with Crippen LogP contribution in [0.25, 0.3) is 0 Å². The number of hydrogen-bond donors (Lipinski definition) is 0. The first-order valence-electron chi connectivity index (χ1n) is 10.6. The average molecular weight is 428 g/mol. The van der Waals surface area contributed by atoms with E-state index in [-0.39, 0.29) is 31.1 Å². The number of methoxy groups -OCH3 is 1. The van der Waals surface area contributed by atoms with Crippen molar-refractivity contribution in [1.82, 2.24) is 9.80 Å². The molecule has 2 aliphatic rings. The molecule has 1 saturated carbocycles. The van der Waals surface area contributed by atoms with Crippen molar-refractivity contribution in [3.63, 3.8) is 0 Å². The van der Waals surface area contributed by atoms with Crippen LogP contribution in [0, 0.1) is 5.92 Å². The van der Waals surface area contributed by atoms with E-state index in [0.717, 1.165) is 24.8 Å². The fourth-order valence-electron chi connectivity index (χ4n) is 3.73. The predicted octanol–water partition coefficient (Wildman–Crippen LogP) is 2.81. The Bertz CT molecular complexity index is 893. The van der Waals surface area contributed by atoms with Crippen LogP contribution in [0.5, 0.6) is 11.5 Å². The van der Waals surface area contributed by atoms with Crippen LogP contribution in [0.15, 0.2) is 41.0 Å². The lowest BCUT2D eigenvalue weighted by molar-refractivity contribution is -0.145. The summed E-state index contributed by atoms with van der Waals surface area (Å²) in [6, 6.07) is 9.27. The monoisotopic (exact) mass is 428 g/mol. The Morgan fingerprint density at radius 2 is 1.94 bits per heavy atom. The minimum absolute atomic E-state index is 0.0178. The summed E-state index contributed by atoms with van der Waals surface area (Å²) in [6.45, 7) is 1.69. The van der Waals surface area contributed by atoms with Crippen molar-refractivity contribution in [2.45, 2.75) is 32.4 Å². The quantitative estimate of drug-likeness (QED) is 0.579. The smallest absolute Gasteiger partial charge is 0.242 e. The van der Waals surface area contributed by atoms with Gasteiger partial charge in [-0.2, -0.15) is 0 Å². The first-order valence-corrected chi connectivity index (χ1v) is 10.6. The van der Waals surface area contributed by atoms with E-state index in [4.69, 9.17) is 18.6 Å². The molecular formula is C23H28N2O6. The summed E-state index contributed by atoms with van der Waals surface area (Å²) in [5, 5.41) is 0. The summed E-state index contributed by atoms with van der Waals surface area (Å²) in [7, 11) is 1.59. The van der Waals surface area contributed by atoms with Gasteiger partial charge in [0, 0.05) is 26.1 Å². The Morgan fingerprint density at radius 1 is 1.10 bits per heavy atom. The number of amides is 2. The number of hydrogen-bond acceptors (Lipinski definition) is 6. The molecule has 2 heterocycles. The Labute approximate surface area is 181 Å². The molecule has 2 amide bonds. The van der Waals surface area contributed by atoms with Crippen LogP contribution in [-0.4, -0.2) is 55.2 Å². The molecule has 31 heavy (non-hydrogen) atoms. The average Bonchev–Trinajstić information content (AvgIpc) is 3.40. The molecule has 1 aromatic carbocycles. The van der Waals surface area contributed by atoms with E-state index in [0.29, 0.717) is 43.5 Å². The molecule has 0 radical (unpaired) electrons. The molecule has 0 spiro atoms. The maximum atomic E-state index is 13.3. The molecule has 1 fully saturated rings. The van der Waals surface area contributed by atoms with Crippen molar-refractivity contribution >= 4 is 11.8 Å². The van der Waals surface area contributed by atoms with Gasteiger partial charge in [0.15, 0.2) is 11.5 Å². The summed E-state index contributed by atoms with van der Waals surface area (Å²) < 4.78 is 21.5. The molecule has 0 unspecified atom stereocenters. The van der Waals surface area contributed by atoms with Crippen molar-refractivity contribution < 1.29 is 28.2 Å². The Hall–Kier alpha value is -3.00. The van der Waals surface area contributed by atoms with Crippen LogP contribution >= 0.6 is 0 Å². The second kappa shape index (κ2) is 9.87. The molecular weight excluding hydrogens is 400 g/mol. The maximum Gasteiger partial charge on any atom is 0.242 e. The number of ether oxygens (including phenoxy) is 3. The van der Waals surface area contributed by atoms with Crippen LogP contribution in [0.3, 0.4) is 0 Å². The van der Waals surface area contributed by atoms with Crippen LogP contribution < -0.4 is 9.47 Å². The van der Waals surface area contributed by atoms with Crippen LogP contribution in [-0.2, 0) is 27.4 Å². The molecule has 0 bridgehead atoms. The molecule has 0 N–H and O–H groups in total. The Balaban J connectivity index is 1.48. The summed E-state index contributed by atoms with van der Waals surface area (Å²) in [4.78, 5) is 29.5. The van der Waals surface area contributed by atoms with E-state index in [1.807, 2.05) is 24.3 Å². The molecule has 4 rings (SSSR count). The normalized spacial score (nSPS) is 14.9. The SMILES string of the molecule is COCCN(CC(=O)N(Cc1ccc2c(c1)OCO2)Cc1ccco1)C(=O)C1CCC1. The molecule has 0 saturated heterocycles. The molecule has 1 aliphatic carbocycles. The third-order valence-corrected chi connectivity index (χ3v) is 5.75. The highest BCUT2D eigenvalue weighted by atomic mass is 16.7. The number of rotatable bonds is 10. The zero-order valence-electron chi connectivity index (χ0n) is 17.7. The van der Waals surface area contributed by atoms with E-state index in [9.17, 15) is 9.59 Å². The van der Waals surface area contributed by atoms with Crippen molar-refractivity contribution in [3.05, 3.63) is 47.9 Å². The molecule has 8 heteroatoms. The summed E-state index contributed by atoms with van der Waals surface area (Å²) in [5.41, 5.74) is 0.915. The number of carbonyl (C=O) groups excluding carboxylic acids is 2. The van der Waals surface area contributed by atoms with Crippen molar-refractivity contribution in [2.75, 3.05) is 33.6 Å². The highest BCUT2D eigenvalue weighted by Gasteiger charge is 2.31. The van der Waals surface area contributed by atoms with Crippen molar-refractivity contribution in [1.29, 1.82) is 0 Å². The largest absolute Gasteiger partial charge is 0.467 e. The number of benzene rings is 1. The fourth-order valence-corrected chi connectivity index (χ4v) is 3.73. The van der Waals surface area contributed by atoms with E-state index in [1.165, 1.54) is 0 Å². The van der Waals surface area contributed by atoms with Crippen LogP contribution in [0.4, 0.5) is 0 Å². The summed E-state index contributed by atoms with van der Waals surface area (Å²) in [5.74, 6) is 1.98. The topological polar surface area (TPSA) is 81.5 Å². The molecule has 0 atom stereocenters. The van der Waals surface area contributed by atoms with E-state index >= 15 is 0 Å². The third-order valence-electron chi connectivity index (χ3n) is 5.75. The Morgan fingerprint density at radius 3 is 2.65 bits per heavy atom. The lowest BCUT2D eigenvalue weighted by Crippen LogP contribution is -2.46. The van der Waals surface area contributed by atoms with Crippen LogP contribution in [0.1, 0.15) is 30.6 Å². The van der Waals surface area contributed by atoms with Gasteiger partial charge in [-0.1, -0.05) is 12.5 Å². The van der Waals surface area contributed by atoms with Gasteiger partial charge in [-0.25, -0.2) is 0 Å². The van der Waals surface area contributed by atoms with Gasteiger partial charge >= 0.3 is 0 Å². The van der Waals surface area contributed by atoms with Gasteiger partial charge < -0.3 is 28.4 Å². The first kappa shape index (κ1) is 21.2. The standard InChI is InChI=1S/C23H28N2O6/c1-28-11-9-24(23(27)18-4-2-5-18)15-22(26)25(14-19-6-3-10-29-19)13-17-7-8-20-21(12-17)31-16-30-20/h3,6-8,10,12,18H,2,4-5,9,11,13-16H2,1H3. The zero-order chi connectivity index (χ0) is 21.6. The molecule has 8 nitrogen and oxygen atoms in total. The number of nitrogens with zero attached hydrogens (tertiary/aromatic N) is 2. The predicted molar refractivity (Wildman–Crippen MR) is 111 cm³/mol. The van der Waals surface area contributed by atoms with Gasteiger partial charge in [-0.05, 0) is 42.7 Å². The van der Waals surface area contributed by atoms with Gasteiger partial charge in [0.1, 0.15) is 5.76 Å². The maximum absolute atomic E-state index is 13.3. The molecule has 2 aromatic rings. The lowest BCUT2D eigenvalue weighted by atomic mass is 9.84. The highest BCUT2D eigenvalue weighted by Crippen LogP contribution is 2.33. The van der Waals surface area contributed by atoms with E-state index in [2.05, 4.69) is 0 Å². The number of carbonyl (C=O) groups is 2. The number of furan rings is 1. The first-order chi connectivity index (χ1) is 15.1. The van der Waals surface area contributed by atoms with Gasteiger partial charge in [0.2, 0.25) is 18.6 Å². The minimum Gasteiger partial charge on any atom is -0.467 e. The Kier molecular flexibility index (Phi) is 6.76. The van der Waals surface area contributed by atoms with Gasteiger partial charge in [-0.3, -0.25) is 9.59 Å². The minimum atomic E-state index is -0.141. The third kappa shape index (κ3) is 5.19. The van der Waals surface area contributed by atoms with Gasteiger partial charge in [-0.15, -0.1) is 0 Å². The summed E-state index contributed by atoms with van der Waals surface area (Å²) in [6.07, 6.45) is 4.44. The molecule has 166 valence electrons.